The summed E-state index contributed by atoms with van der Waals surface area (Å²) in [5, 5.41) is 3.78. The summed E-state index contributed by atoms with van der Waals surface area (Å²) in [7, 11) is 0. The molecule has 9 heteroatoms. The number of benzene rings is 3. The first kappa shape index (κ1) is 26.5. The SMILES string of the molecule is Cc1cc(Oc2ccccc2)ccc1C1(N)C(=O)C(N)c2c(C(=O)N[C@H]3CCCC[C@H]3N)sc3c(N)ccc1c23. The normalized spacial score (nSPS) is 24.2. The molecule has 1 fully saturated rings. The monoisotopic (exact) mass is 555 g/mol. The molecule has 2 unspecified atom stereocenters. The number of carbonyl (C=O) groups is 2. The lowest BCUT2D eigenvalue weighted by Crippen LogP contribution is -2.53. The Bertz CT molecular complexity index is 1640. The van der Waals surface area contributed by atoms with Crippen LogP contribution in [0.1, 0.15) is 63.7 Å². The Morgan fingerprint density at radius 2 is 1.73 bits per heavy atom. The number of nitrogens with two attached hydrogens (primary N) is 4. The topological polar surface area (TPSA) is 159 Å². The minimum absolute atomic E-state index is 0.104. The zero-order chi connectivity index (χ0) is 28.2. The molecule has 40 heavy (non-hydrogen) atoms. The molecule has 4 atom stereocenters. The van der Waals surface area contributed by atoms with Gasteiger partial charge in [-0.1, -0.05) is 43.2 Å². The zero-order valence-corrected chi connectivity index (χ0v) is 23.1. The van der Waals surface area contributed by atoms with E-state index in [9.17, 15) is 9.59 Å². The number of ether oxygens (including phenoxy) is 1. The van der Waals surface area contributed by atoms with E-state index in [2.05, 4.69) is 5.32 Å². The molecule has 1 saturated carbocycles. The van der Waals surface area contributed by atoms with Crippen molar-refractivity contribution < 1.29 is 14.3 Å². The summed E-state index contributed by atoms with van der Waals surface area (Å²) in [5.74, 6) is 0.668. The van der Waals surface area contributed by atoms with Crippen molar-refractivity contribution >= 4 is 38.8 Å². The lowest BCUT2D eigenvalue weighted by molar-refractivity contribution is -0.124. The molecule has 0 aliphatic heterocycles. The van der Waals surface area contributed by atoms with Crippen molar-refractivity contribution in [3.8, 4) is 11.5 Å². The van der Waals surface area contributed by atoms with Crippen molar-refractivity contribution in [2.75, 3.05) is 5.73 Å². The molecule has 0 bridgehead atoms. The number of ketones is 1. The molecule has 8 nitrogen and oxygen atoms in total. The third-order valence-electron chi connectivity index (χ3n) is 8.26. The number of amides is 1. The number of Topliss-reactive ketones (excluding diaryl/α,β-unsaturated/α-hetero) is 1. The summed E-state index contributed by atoms with van der Waals surface area (Å²) in [6.07, 6.45) is 3.75. The summed E-state index contributed by atoms with van der Waals surface area (Å²) in [6.45, 7) is 1.89. The maximum absolute atomic E-state index is 14.1. The average molecular weight is 556 g/mol. The second kappa shape index (κ2) is 10.0. The van der Waals surface area contributed by atoms with Crippen LogP contribution in [0.15, 0.2) is 60.7 Å². The maximum Gasteiger partial charge on any atom is 0.262 e. The van der Waals surface area contributed by atoms with E-state index in [1.165, 1.54) is 11.3 Å². The molecule has 1 heterocycles. The van der Waals surface area contributed by atoms with E-state index in [1.54, 1.807) is 18.2 Å². The van der Waals surface area contributed by atoms with Crippen LogP contribution in [0.4, 0.5) is 5.69 Å². The number of hydrogen-bond acceptors (Lipinski definition) is 8. The first-order valence-electron chi connectivity index (χ1n) is 13.5. The second-order valence-electron chi connectivity index (χ2n) is 10.8. The van der Waals surface area contributed by atoms with Crippen molar-refractivity contribution in [2.45, 2.75) is 56.3 Å². The van der Waals surface area contributed by atoms with Crippen LogP contribution >= 0.6 is 11.3 Å². The van der Waals surface area contributed by atoms with Crippen LogP contribution in [-0.4, -0.2) is 23.8 Å². The van der Waals surface area contributed by atoms with Gasteiger partial charge >= 0.3 is 0 Å². The number of rotatable bonds is 5. The molecule has 1 amide bonds. The Labute approximate surface area is 236 Å². The highest BCUT2D eigenvalue weighted by Gasteiger charge is 2.49. The Hall–Kier alpha value is -3.76. The number of nitrogens with one attached hydrogen (secondary N) is 1. The van der Waals surface area contributed by atoms with E-state index in [1.807, 2.05) is 49.4 Å². The molecular formula is C31H33N5O3S. The highest BCUT2D eigenvalue weighted by molar-refractivity contribution is 7.21. The molecule has 3 aromatic carbocycles. The van der Waals surface area contributed by atoms with Crippen LogP contribution < -0.4 is 33.0 Å². The Kier molecular flexibility index (Phi) is 6.62. The Morgan fingerprint density at radius 3 is 2.45 bits per heavy atom. The van der Waals surface area contributed by atoms with Gasteiger partial charge in [0, 0.05) is 28.7 Å². The second-order valence-corrected chi connectivity index (χ2v) is 11.8. The molecule has 2 aliphatic rings. The van der Waals surface area contributed by atoms with Crippen molar-refractivity contribution in [3.05, 3.63) is 87.8 Å². The number of nitrogen functional groups attached to an aromatic ring is 1. The van der Waals surface area contributed by atoms with Crippen LogP contribution in [0.2, 0.25) is 0 Å². The molecule has 206 valence electrons. The van der Waals surface area contributed by atoms with Gasteiger partial charge in [0.15, 0.2) is 5.78 Å². The summed E-state index contributed by atoms with van der Waals surface area (Å²) in [5.41, 5.74) is 27.8. The smallest absolute Gasteiger partial charge is 0.262 e. The van der Waals surface area contributed by atoms with Gasteiger partial charge < -0.3 is 33.0 Å². The van der Waals surface area contributed by atoms with Crippen LogP contribution in [0.25, 0.3) is 10.1 Å². The van der Waals surface area contributed by atoms with Gasteiger partial charge in [-0.2, -0.15) is 0 Å². The van der Waals surface area contributed by atoms with E-state index < -0.39 is 11.6 Å². The predicted octanol–water partition coefficient (Wildman–Crippen LogP) is 4.37. The maximum atomic E-state index is 14.1. The number of carbonyl (C=O) groups excluding carboxylic acids is 2. The van der Waals surface area contributed by atoms with Crippen molar-refractivity contribution in [2.24, 2.45) is 17.2 Å². The third-order valence-corrected chi connectivity index (χ3v) is 9.51. The van der Waals surface area contributed by atoms with Crippen LogP contribution in [0.5, 0.6) is 11.5 Å². The van der Waals surface area contributed by atoms with E-state index in [0.29, 0.717) is 48.8 Å². The molecule has 6 rings (SSSR count). The van der Waals surface area contributed by atoms with Gasteiger partial charge in [-0.15, -0.1) is 11.3 Å². The Morgan fingerprint density at radius 1 is 1.00 bits per heavy atom. The van der Waals surface area contributed by atoms with Gasteiger partial charge in [-0.25, -0.2) is 0 Å². The molecule has 4 aromatic rings. The van der Waals surface area contributed by atoms with Crippen molar-refractivity contribution in [1.82, 2.24) is 5.32 Å². The molecule has 2 aliphatic carbocycles. The first-order valence-corrected chi connectivity index (χ1v) is 14.4. The first-order chi connectivity index (χ1) is 19.2. The summed E-state index contributed by atoms with van der Waals surface area (Å²) in [6, 6.07) is 17.1. The summed E-state index contributed by atoms with van der Waals surface area (Å²) < 4.78 is 6.69. The number of thiophene rings is 1. The predicted molar refractivity (Wildman–Crippen MR) is 159 cm³/mol. The van der Waals surface area contributed by atoms with E-state index in [4.69, 9.17) is 27.7 Å². The van der Waals surface area contributed by atoms with Gasteiger partial charge in [0.05, 0.1) is 15.6 Å². The highest BCUT2D eigenvalue weighted by Crippen LogP contribution is 2.50. The van der Waals surface area contributed by atoms with Gasteiger partial charge in [0.1, 0.15) is 17.0 Å². The fourth-order valence-electron chi connectivity index (χ4n) is 6.17. The zero-order valence-electron chi connectivity index (χ0n) is 22.3. The van der Waals surface area contributed by atoms with Gasteiger partial charge in [0.25, 0.3) is 5.91 Å². The Balaban J connectivity index is 1.44. The lowest BCUT2D eigenvalue weighted by Gasteiger charge is -2.37. The molecule has 0 saturated heterocycles. The largest absolute Gasteiger partial charge is 0.457 e. The highest BCUT2D eigenvalue weighted by atomic mass is 32.1. The average Bonchev–Trinajstić information content (AvgIpc) is 3.35. The minimum Gasteiger partial charge on any atom is -0.457 e. The number of aryl methyl sites for hydroxylation is 1. The van der Waals surface area contributed by atoms with Crippen molar-refractivity contribution in [3.63, 3.8) is 0 Å². The summed E-state index contributed by atoms with van der Waals surface area (Å²) in [4.78, 5) is 28.1. The number of anilines is 1. The van der Waals surface area contributed by atoms with Crippen LogP contribution in [0.3, 0.4) is 0 Å². The third kappa shape index (κ3) is 4.17. The fourth-order valence-corrected chi connectivity index (χ4v) is 7.37. The molecular weight excluding hydrogens is 522 g/mol. The van der Waals surface area contributed by atoms with E-state index >= 15 is 0 Å². The van der Waals surface area contributed by atoms with Crippen molar-refractivity contribution in [1.29, 1.82) is 0 Å². The molecule has 1 aromatic heterocycles. The van der Waals surface area contributed by atoms with Gasteiger partial charge in [0.2, 0.25) is 0 Å². The fraction of sp³-hybridized carbons (Fsp3) is 0.290. The van der Waals surface area contributed by atoms with E-state index in [0.717, 1.165) is 31.2 Å². The van der Waals surface area contributed by atoms with Crippen LogP contribution in [-0.2, 0) is 10.3 Å². The summed E-state index contributed by atoms with van der Waals surface area (Å²) >= 11 is 1.25. The minimum atomic E-state index is -1.53. The molecule has 0 spiro atoms. The number of para-hydroxylation sites is 1. The molecule has 9 N–H and O–H groups in total. The lowest BCUT2D eigenvalue weighted by atomic mass is 9.69. The molecule has 0 radical (unpaired) electrons. The number of hydrogen-bond donors (Lipinski definition) is 5. The van der Waals surface area contributed by atoms with Gasteiger partial charge in [-0.3, -0.25) is 9.59 Å². The van der Waals surface area contributed by atoms with Crippen LogP contribution in [0, 0.1) is 6.92 Å². The van der Waals surface area contributed by atoms with Gasteiger partial charge in [-0.05, 0) is 66.8 Å². The van der Waals surface area contributed by atoms with E-state index in [-0.39, 0.29) is 23.8 Å². The standard InChI is InChI=1S/C31H33N5O3S/c1-16-15-18(39-17-7-3-2-4-8-17)11-12-19(16)31(35)20-13-14-22(33)27-24(20)25(26(34)29(31)37)28(40-27)30(38)36-23-10-6-5-9-21(23)32/h2-4,7-8,11-15,21,23,26H,5-6,9-10,32-35H2,1H3,(H,36,38)/t21-,23+,26?,31?/m1/s1. The quantitative estimate of drug-likeness (QED) is 0.229.